The number of aliphatic carboxylic acids is 1. The van der Waals surface area contributed by atoms with E-state index in [9.17, 15) is 9.59 Å². The van der Waals surface area contributed by atoms with Gasteiger partial charge in [0.2, 0.25) is 0 Å². The fraction of sp³-hybridized carbons (Fsp3) is 0.600. The number of rotatable bonds is 4. The van der Waals surface area contributed by atoms with Crippen LogP contribution < -0.4 is 0 Å². The third-order valence-corrected chi connectivity index (χ3v) is 4.69. The highest BCUT2D eigenvalue weighted by Gasteiger charge is 2.59. The lowest BCUT2D eigenvalue weighted by Crippen LogP contribution is -2.39. The van der Waals surface area contributed by atoms with Gasteiger partial charge in [0.25, 0.3) is 5.91 Å². The molecule has 1 aromatic heterocycles. The number of carboxylic acid groups (broad SMARTS) is 1. The fourth-order valence-corrected chi connectivity index (χ4v) is 3.27. The zero-order valence-electron chi connectivity index (χ0n) is 12.0. The summed E-state index contributed by atoms with van der Waals surface area (Å²) in [6.07, 6.45) is 2.28. The minimum atomic E-state index is -0.704. The van der Waals surface area contributed by atoms with Crippen molar-refractivity contribution >= 4 is 11.9 Å². The number of hydrogen-bond donors (Lipinski definition) is 1. The van der Waals surface area contributed by atoms with E-state index in [-0.39, 0.29) is 17.2 Å². The van der Waals surface area contributed by atoms with Gasteiger partial charge in [-0.2, -0.15) is 0 Å². The molecular weight excluding hydrogens is 274 g/mol. The van der Waals surface area contributed by atoms with Gasteiger partial charge >= 0.3 is 5.97 Å². The van der Waals surface area contributed by atoms with Crippen molar-refractivity contribution < 1.29 is 23.8 Å². The maximum Gasteiger partial charge on any atom is 0.307 e. The van der Waals surface area contributed by atoms with E-state index < -0.39 is 5.97 Å². The summed E-state index contributed by atoms with van der Waals surface area (Å²) in [4.78, 5) is 25.1. The Morgan fingerprint density at radius 3 is 2.71 bits per heavy atom. The molecule has 1 amide bonds. The number of carboxylic acids is 1. The Bertz CT molecular complexity index is 556. The van der Waals surface area contributed by atoms with Crippen LogP contribution in [-0.4, -0.2) is 42.1 Å². The SMILES string of the molecule is COCc1ccc(C(=O)N2CCC3(CC2)CC3C(=O)O)o1. The van der Waals surface area contributed by atoms with Crippen molar-refractivity contribution in [2.24, 2.45) is 11.3 Å². The molecule has 1 spiro atoms. The molecule has 2 fully saturated rings. The van der Waals surface area contributed by atoms with E-state index in [1.54, 1.807) is 24.1 Å². The van der Waals surface area contributed by atoms with E-state index in [2.05, 4.69) is 0 Å². The first-order valence-electron chi connectivity index (χ1n) is 7.15. The minimum Gasteiger partial charge on any atom is -0.481 e. The average molecular weight is 293 g/mol. The van der Waals surface area contributed by atoms with Gasteiger partial charge in [0.1, 0.15) is 12.4 Å². The third-order valence-electron chi connectivity index (χ3n) is 4.69. The lowest BCUT2D eigenvalue weighted by Gasteiger charge is -2.32. The Morgan fingerprint density at radius 2 is 2.14 bits per heavy atom. The van der Waals surface area contributed by atoms with Crippen LogP contribution in [0, 0.1) is 11.3 Å². The van der Waals surface area contributed by atoms with Crippen LogP contribution in [0.1, 0.15) is 35.6 Å². The molecule has 0 bridgehead atoms. The maximum atomic E-state index is 12.3. The molecule has 1 aliphatic heterocycles. The molecule has 1 saturated carbocycles. The Hall–Kier alpha value is -1.82. The summed E-state index contributed by atoms with van der Waals surface area (Å²) in [5.74, 6) is -0.0949. The smallest absolute Gasteiger partial charge is 0.307 e. The van der Waals surface area contributed by atoms with E-state index in [1.165, 1.54) is 0 Å². The van der Waals surface area contributed by atoms with Crippen molar-refractivity contribution in [2.45, 2.75) is 25.9 Å². The van der Waals surface area contributed by atoms with Gasteiger partial charge in [0, 0.05) is 20.2 Å². The average Bonchev–Trinajstić information content (AvgIpc) is 2.97. The molecule has 6 nitrogen and oxygen atoms in total. The van der Waals surface area contributed by atoms with Crippen LogP contribution >= 0.6 is 0 Å². The van der Waals surface area contributed by atoms with E-state index in [0.29, 0.717) is 31.2 Å². The normalized spacial score (nSPS) is 23.3. The monoisotopic (exact) mass is 293 g/mol. The summed E-state index contributed by atoms with van der Waals surface area (Å²) in [5, 5.41) is 9.07. The summed E-state index contributed by atoms with van der Waals surface area (Å²) in [6, 6.07) is 3.40. The Labute approximate surface area is 122 Å². The van der Waals surface area contributed by atoms with Crippen molar-refractivity contribution in [2.75, 3.05) is 20.2 Å². The predicted octanol–water partition coefficient (Wildman–Crippen LogP) is 1.75. The molecule has 0 radical (unpaired) electrons. The lowest BCUT2D eigenvalue weighted by molar-refractivity contribution is -0.139. The summed E-state index contributed by atoms with van der Waals surface area (Å²) < 4.78 is 10.4. The molecule has 3 rings (SSSR count). The number of ether oxygens (including phenoxy) is 1. The number of likely N-dealkylation sites (tertiary alicyclic amines) is 1. The highest BCUT2D eigenvalue weighted by Crippen LogP contribution is 2.59. The second kappa shape index (κ2) is 5.18. The molecule has 1 N–H and O–H groups in total. The molecule has 1 atom stereocenters. The number of amides is 1. The molecular formula is C15H19NO5. The van der Waals surface area contributed by atoms with E-state index in [4.69, 9.17) is 14.3 Å². The van der Waals surface area contributed by atoms with Crippen LogP contribution in [0.2, 0.25) is 0 Å². The van der Waals surface area contributed by atoms with Gasteiger partial charge in [0.05, 0.1) is 5.92 Å². The zero-order valence-corrected chi connectivity index (χ0v) is 12.0. The summed E-state index contributed by atoms with van der Waals surface area (Å²) in [5.41, 5.74) is -0.0625. The van der Waals surface area contributed by atoms with Crippen molar-refractivity contribution in [3.05, 3.63) is 23.7 Å². The number of methoxy groups -OCH3 is 1. The van der Waals surface area contributed by atoms with Crippen LogP contribution in [0.4, 0.5) is 0 Å². The van der Waals surface area contributed by atoms with E-state index in [0.717, 1.165) is 19.3 Å². The third kappa shape index (κ3) is 2.55. The molecule has 0 aromatic carbocycles. The zero-order chi connectivity index (χ0) is 15.0. The molecule has 1 unspecified atom stereocenters. The number of furan rings is 1. The highest BCUT2D eigenvalue weighted by atomic mass is 16.5. The first-order valence-corrected chi connectivity index (χ1v) is 7.15. The first-order chi connectivity index (χ1) is 10.1. The van der Waals surface area contributed by atoms with E-state index in [1.807, 2.05) is 0 Å². The standard InChI is InChI=1S/C15H19NO5/c1-20-9-10-2-3-12(21-10)13(17)16-6-4-15(5-7-16)8-11(15)14(18)19/h2-3,11H,4-9H2,1H3,(H,18,19). The van der Waals surface area contributed by atoms with Gasteiger partial charge in [-0.25, -0.2) is 0 Å². The Kier molecular flexibility index (Phi) is 3.49. The summed E-state index contributed by atoms with van der Waals surface area (Å²) in [6.45, 7) is 1.54. The topological polar surface area (TPSA) is 80.0 Å². The molecule has 1 aromatic rings. The Balaban J connectivity index is 1.59. The van der Waals surface area contributed by atoms with Crippen molar-refractivity contribution in [3.8, 4) is 0 Å². The molecule has 114 valence electrons. The van der Waals surface area contributed by atoms with E-state index >= 15 is 0 Å². The van der Waals surface area contributed by atoms with Crippen LogP contribution in [0.5, 0.6) is 0 Å². The van der Waals surface area contributed by atoms with Gasteiger partial charge in [-0.1, -0.05) is 0 Å². The van der Waals surface area contributed by atoms with Crippen LogP contribution in [0.3, 0.4) is 0 Å². The molecule has 2 aliphatic rings. The largest absolute Gasteiger partial charge is 0.481 e. The maximum absolute atomic E-state index is 12.3. The summed E-state index contributed by atoms with van der Waals surface area (Å²) in [7, 11) is 1.57. The van der Waals surface area contributed by atoms with Crippen molar-refractivity contribution in [3.63, 3.8) is 0 Å². The molecule has 6 heteroatoms. The number of carbonyl (C=O) groups is 2. The molecule has 21 heavy (non-hydrogen) atoms. The molecule has 1 aliphatic carbocycles. The number of hydrogen-bond acceptors (Lipinski definition) is 4. The van der Waals surface area contributed by atoms with Crippen molar-refractivity contribution in [1.82, 2.24) is 4.90 Å². The van der Waals surface area contributed by atoms with Gasteiger partial charge in [-0.05, 0) is 36.8 Å². The highest BCUT2D eigenvalue weighted by molar-refractivity contribution is 5.91. The van der Waals surface area contributed by atoms with Gasteiger partial charge in [0.15, 0.2) is 5.76 Å². The first kappa shape index (κ1) is 14.1. The number of piperidine rings is 1. The second-order valence-corrected chi connectivity index (χ2v) is 5.95. The molecule has 1 saturated heterocycles. The van der Waals surface area contributed by atoms with Gasteiger partial charge < -0.3 is 19.2 Å². The van der Waals surface area contributed by atoms with Crippen LogP contribution in [0.25, 0.3) is 0 Å². The van der Waals surface area contributed by atoms with Gasteiger partial charge in [-0.3, -0.25) is 9.59 Å². The lowest BCUT2D eigenvalue weighted by atomic mass is 9.90. The fourth-order valence-electron chi connectivity index (χ4n) is 3.27. The van der Waals surface area contributed by atoms with Crippen molar-refractivity contribution in [1.29, 1.82) is 0 Å². The number of nitrogens with zero attached hydrogens (tertiary/aromatic N) is 1. The summed E-state index contributed by atoms with van der Waals surface area (Å²) >= 11 is 0. The number of carbonyl (C=O) groups excluding carboxylic acids is 1. The molecule has 2 heterocycles. The second-order valence-electron chi connectivity index (χ2n) is 5.95. The predicted molar refractivity (Wildman–Crippen MR) is 72.7 cm³/mol. The van der Waals surface area contributed by atoms with Crippen LogP contribution in [-0.2, 0) is 16.1 Å². The quantitative estimate of drug-likeness (QED) is 0.915. The minimum absolute atomic E-state index is 0.0625. The Morgan fingerprint density at radius 1 is 1.43 bits per heavy atom. The van der Waals surface area contributed by atoms with Crippen LogP contribution in [0.15, 0.2) is 16.5 Å². The van der Waals surface area contributed by atoms with Gasteiger partial charge in [-0.15, -0.1) is 0 Å².